The zero-order valence-electron chi connectivity index (χ0n) is 11.2. The van der Waals surface area contributed by atoms with E-state index in [1.807, 2.05) is 0 Å². The van der Waals surface area contributed by atoms with Crippen molar-refractivity contribution in [2.24, 2.45) is 5.92 Å². The van der Waals surface area contributed by atoms with Crippen LogP contribution < -0.4 is 0 Å². The molecule has 0 radical (unpaired) electrons. The van der Waals surface area contributed by atoms with Crippen LogP contribution in [0.4, 0.5) is 8.78 Å². The van der Waals surface area contributed by atoms with Gasteiger partial charge in [-0.15, -0.1) is 0 Å². The summed E-state index contributed by atoms with van der Waals surface area (Å²) in [6.07, 6.45) is -0.366. The average molecular weight is 291 g/mol. The van der Waals surface area contributed by atoms with Gasteiger partial charge in [0, 0.05) is 25.3 Å². The summed E-state index contributed by atoms with van der Waals surface area (Å²) < 4.78 is 31.4. The minimum absolute atomic E-state index is 0.170. The van der Waals surface area contributed by atoms with E-state index in [1.165, 1.54) is 4.90 Å². The van der Waals surface area contributed by atoms with E-state index in [1.54, 1.807) is 0 Å². The molecular formula is C13H19F2NO4. The predicted octanol–water partition coefficient (Wildman–Crippen LogP) is 1.51. The summed E-state index contributed by atoms with van der Waals surface area (Å²) in [5.41, 5.74) is 0. The van der Waals surface area contributed by atoms with E-state index in [0.717, 1.165) is 0 Å². The zero-order valence-corrected chi connectivity index (χ0v) is 11.2. The van der Waals surface area contributed by atoms with Gasteiger partial charge in [0.1, 0.15) is 0 Å². The molecule has 5 nitrogen and oxygen atoms in total. The molecule has 1 saturated heterocycles. The van der Waals surface area contributed by atoms with Gasteiger partial charge in [-0.3, -0.25) is 9.59 Å². The van der Waals surface area contributed by atoms with E-state index in [2.05, 4.69) is 0 Å². The Balaban J connectivity index is 1.97. The van der Waals surface area contributed by atoms with Gasteiger partial charge in [-0.25, -0.2) is 8.78 Å². The average Bonchev–Trinajstić information content (AvgIpc) is 2.38. The second kappa shape index (κ2) is 6.03. The highest BCUT2D eigenvalue weighted by molar-refractivity contribution is 5.80. The summed E-state index contributed by atoms with van der Waals surface area (Å²) in [4.78, 5) is 24.7. The lowest BCUT2D eigenvalue weighted by atomic mass is 9.85. The Labute approximate surface area is 115 Å². The van der Waals surface area contributed by atoms with E-state index in [4.69, 9.17) is 9.84 Å². The molecule has 2 rings (SSSR count). The molecular weight excluding hydrogens is 272 g/mol. The van der Waals surface area contributed by atoms with Gasteiger partial charge in [-0.1, -0.05) is 0 Å². The third kappa shape index (κ3) is 3.65. The molecule has 7 heteroatoms. The number of halogens is 2. The quantitative estimate of drug-likeness (QED) is 0.856. The monoisotopic (exact) mass is 291 g/mol. The van der Waals surface area contributed by atoms with Crippen LogP contribution in [0.15, 0.2) is 0 Å². The molecule has 20 heavy (non-hydrogen) atoms. The highest BCUT2D eigenvalue weighted by atomic mass is 19.3. The Kier molecular flexibility index (Phi) is 4.57. The lowest BCUT2D eigenvalue weighted by Crippen LogP contribution is -2.52. The van der Waals surface area contributed by atoms with Gasteiger partial charge < -0.3 is 14.7 Å². The van der Waals surface area contributed by atoms with Crippen LogP contribution in [0, 0.1) is 5.92 Å². The Morgan fingerprint density at radius 2 is 1.95 bits per heavy atom. The standard InChI is InChI=1S/C13H19F2NO4/c14-13(15)3-1-9(2-4-13)12(19)16-5-6-20-8-10(16)7-11(17)18/h9-10H,1-8H2,(H,17,18)/t10-/m0/s1. The molecule has 1 atom stereocenters. The van der Waals surface area contributed by atoms with Crippen LogP contribution in [0.2, 0.25) is 0 Å². The summed E-state index contributed by atoms with van der Waals surface area (Å²) >= 11 is 0. The number of amides is 1. The molecule has 1 amide bonds. The normalized spacial score (nSPS) is 27.3. The molecule has 1 aliphatic heterocycles. The van der Waals surface area contributed by atoms with E-state index >= 15 is 0 Å². The lowest BCUT2D eigenvalue weighted by Gasteiger charge is -2.38. The third-order valence-corrected chi connectivity index (χ3v) is 3.99. The molecule has 1 saturated carbocycles. The van der Waals surface area contributed by atoms with Gasteiger partial charge in [0.05, 0.1) is 25.7 Å². The summed E-state index contributed by atoms with van der Waals surface area (Å²) in [5, 5.41) is 8.85. The summed E-state index contributed by atoms with van der Waals surface area (Å²) in [5.74, 6) is -4.27. The Hall–Kier alpha value is -1.24. The van der Waals surface area contributed by atoms with Crippen molar-refractivity contribution >= 4 is 11.9 Å². The van der Waals surface area contributed by atoms with Crippen molar-refractivity contribution in [2.75, 3.05) is 19.8 Å². The van der Waals surface area contributed by atoms with E-state index in [9.17, 15) is 18.4 Å². The van der Waals surface area contributed by atoms with Gasteiger partial charge in [0.25, 0.3) is 0 Å². The Bertz CT molecular complexity index is 379. The number of carboxylic acid groups (broad SMARTS) is 1. The first-order valence-electron chi connectivity index (χ1n) is 6.87. The fourth-order valence-corrected chi connectivity index (χ4v) is 2.84. The molecule has 2 aliphatic rings. The fourth-order valence-electron chi connectivity index (χ4n) is 2.84. The van der Waals surface area contributed by atoms with Crippen LogP contribution in [0.5, 0.6) is 0 Å². The number of carboxylic acids is 1. The van der Waals surface area contributed by atoms with Crippen LogP contribution in [0.25, 0.3) is 0 Å². The predicted molar refractivity (Wildman–Crippen MR) is 65.5 cm³/mol. The van der Waals surface area contributed by atoms with Gasteiger partial charge in [0.2, 0.25) is 11.8 Å². The minimum atomic E-state index is -2.66. The largest absolute Gasteiger partial charge is 0.481 e. The first kappa shape index (κ1) is 15.2. The maximum atomic E-state index is 13.1. The molecule has 0 aromatic heterocycles. The van der Waals surface area contributed by atoms with Crippen LogP contribution in [0.1, 0.15) is 32.1 Å². The maximum Gasteiger partial charge on any atom is 0.305 e. The summed E-state index contributed by atoms with van der Waals surface area (Å²) in [6.45, 7) is 0.898. The molecule has 0 aromatic rings. The number of rotatable bonds is 3. The van der Waals surface area contributed by atoms with Gasteiger partial charge in [-0.05, 0) is 12.8 Å². The van der Waals surface area contributed by atoms with Crippen LogP contribution >= 0.6 is 0 Å². The van der Waals surface area contributed by atoms with Crippen LogP contribution in [-0.2, 0) is 14.3 Å². The first-order valence-corrected chi connectivity index (χ1v) is 6.87. The molecule has 0 aromatic carbocycles. The molecule has 114 valence electrons. The second-order valence-electron chi connectivity index (χ2n) is 5.49. The number of morpholine rings is 1. The van der Waals surface area contributed by atoms with Crippen molar-refractivity contribution in [1.29, 1.82) is 0 Å². The second-order valence-corrected chi connectivity index (χ2v) is 5.49. The Morgan fingerprint density at radius 3 is 2.55 bits per heavy atom. The number of ether oxygens (including phenoxy) is 1. The highest BCUT2D eigenvalue weighted by Gasteiger charge is 2.40. The number of nitrogens with zero attached hydrogens (tertiary/aromatic N) is 1. The number of hydrogen-bond donors (Lipinski definition) is 1. The van der Waals surface area contributed by atoms with Crippen molar-refractivity contribution in [3.63, 3.8) is 0 Å². The van der Waals surface area contributed by atoms with Gasteiger partial charge in [0.15, 0.2) is 0 Å². The molecule has 1 aliphatic carbocycles. The highest BCUT2D eigenvalue weighted by Crippen LogP contribution is 2.37. The molecule has 2 fully saturated rings. The van der Waals surface area contributed by atoms with Crippen molar-refractivity contribution in [3.05, 3.63) is 0 Å². The van der Waals surface area contributed by atoms with E-state index in [0.29, 0.717) is 13.2 Å². The number of aliphatic carboxylic acids is 1. The number of carbonyl (C=O) groups excluding carboxylic acids is 1. The SMILES string of the molecule is O=C(O)C[C@H]1COCCN1C(=O)C1CCC(F)(F)CC1. The number of alkyl halides is 2. The van der Waals surface area contributed by atoms with Gasteiger partial charge in [-0.2, -0.15) is 0 Å². The first-order chi connectivity index (χ1) is 9.39. The fraction of sp³-hybridized carbons (Fsp3) is 0.846. The van der Waals surface area contributed by atoms with Crippen molar-refractivity contribution in [1.82, 2.24) is 4.90 Å². The van der Waals surface area contributed by atoms with Crippen molar-refractivity contribution in [3.8, 4) is 0 Å². The van der Waals surface area contributed by atoms with E-state index in [-0.39, 0.29) is 44.6 Å². The maximum absolute atomic E-state index is 13.1. The van der Waals surface area contributed by atoms with Crippen LogP contribution in [-0.4, -0.2) is 53.6 Å². The number of carbonyl (C=O) groups is 2. The Morgan fingerprint density at radius 1 is 1.30 bits per heavy atom. The molecule has 1 heterocycles. The third-order valence-electron chi connectivity index (χ3n) is 3.99. The smallest absolute Gasteiger partial charge is 0.305 e. The van der Waals surface area contributed by atoms with E-state index < -0.39 is 23.9 Å². The van der Waals surface area contributed by atoms with Gasteiger partial charge >= 0.3 is 5.97 Å². The number of hydrogen-bond acceptors (Lipinski definition) is 3. The molecule has 0 unspecified atom stereocenters. The lowest BCUT2D eigenvalue weighted by molar-refractivity contribution is -0.151. The van der Waals surface area contributed by atoms with Crippen molar-refractivity contribution in [2.45, 2.75) is 44.1 Å². The molecule has 0 bridgehead atoms. The molecule has 0 spiro atoms. The molecule has 1 N–H and O–H groups in total. The zero-order chi connectivity index (χ0) is 14.8. The topological polar surface area (TPSA) is 66.8 Å². The van der Waals surface area contributed by atoms with Crippen molar-refractivity contribution < 1.29 is 28.2 Å². The summed E-state index contributed by atoms with van der Waals surface area (Å²) in [6, 6.07) is -0.490. The van der Waals surface area contributed by atoms with Crippen LogP contribution in [0.3, 0.4) is 0 Å². The minimum Gasteiger partial charge on any atom is -0.481 e. The summed E-state index contributed by atoms with van der Waals surface area (Å²) in [7, 11) is 0.